The molecule has 1 aromatic heterocycles. The van der Waals surface area contributed by atoms with Gasteiger partial charge < -0.3 is 14.6 Å². The molecule has 2 aromatic rings. The molecule has 0 amide bonds. The Labute approximate surface area is 126 Å². The summed E-state index contributed by atoms with van der Waals surface area (Å²) in [5.41, 5.74) is 2.63. The van der Waals surface area contributed by atoms with E-state index in [9.17, 15) is 0 Å². The maximum atomic E-state index is 5.77. The fraction of sp³-hybridized carbons (Fsp3) is 0.529. The van der Waals surface area contributed by atoms with Gasteiger partial charge in [0.25, 0.3) is 0 Å². The van der Waals surface area contributed by atoms with Gasteiger partial charge in [-0.1, -0.05) is 12.1 Å². The van der Waals surface area contributed by atoms with Crippen molar-refractivity contribution in [2.45, 2.75) is 6.54 Å². The summed E-state index contributed by atoms with van der Waals surface area (Å²) in [5, 5.41) is 1.34. The first kappa shape index (κ1) is 14.6. The highest BCUT2D eigenvalue weighted by Crippen LogP contribution is 2.20. The Morgan fingerprint density at radius 2 is 2.24 bits per heavy atom. The van der Waals surface area contributed by atoms with Crippen molar-refractivity contribution in [3.63, 3.8) is 0 Å². The van der Waals surface area contributed by atoms with Gasteiger partial charge in [0.2, 0.25) is 0 Å². The molecule has 1 fully saturated rings. The van der Waals surface area contributed by atoms with Crippen molar-refractivity contribution in [1.29, 1.82) is 0 Å². The molecule has 114 valence electrons. The fourth-order valence-corrected chi connectivity index (χ4v) is 3.25. The van der Waals surface area contributed by atoms with Crippen molar-refractivity contribution in [2.75, 3.05) is 46.9 Å². The summed E-state index contributed by atoms with van der Waals surface area (Å²) in [4.78, 5) is 8.08. The molecule has 3 rings (SSSR count). The molecule has 0 saturated carbocycles. The normalized spacial score (nSPS) is 21.0. The molecule has 4 nitrogen and oxygen atoms in total. The van der Waals surface area contributed by atoms with Crippen molar-refractivity contribution in [2.24, 2.45) is 5.92 Å². The van der Waals surface area contributed by atoms with Gasteiger partial charge in [-0.3, -0.25) is 4.90 Å². The van der Waals surface area contributed by atoms with E-state index in [4.69, 9.17) is 4.74 Å². The second-order valence-electron chi connectivity index (χ2n) is 6.29. The number of aromatic nitrogens is 1. The first-order valence-corrected chi connectivity index (χ1v) is 7.72. The van der Waals surface area contributed by atoms with Crippen molar-refractivity contribution in [3.8, 4) is 0 Å². The zero-order chi connectivity index (χ0) is 14.7. The van der Waals surface area contributed by atoms with Gasteiger partial charge in [-0.2, -0.15) is 0 Å². The molecule has 2 heterocycles. The van der Waals surface area contributed by atoms with E-state index in [0.717, 1.165) is 39.4 Å². The molecule has 1 N–H and O–H groups in total. The topological polar surface area (TPSA) is 31.5 Å². The molecule has 0 spiro atoms. The minimum absolute atomic E-state index is 0.591. The molecule has 21 heavy (non-hydrogen) atoms. The molecule has 1 aliphatic rings. The van der Waals surface area contributed by atoms with E-state index in [1.54, 1.807) is 0 Å². The van der Waals surface area contributed by atoms with Gasteiger partial charge in [0.15, 0.2) is 0 Å². The Kier molecular flexibility index (Phi) is 4.58. The molecule has 0 bridgehead atoms. The molecular weight excluding hydrogens is 262 g/mol. The first-order chi connectivity index (χ1) is 10.2. The van der Waals surface area contributed by atoms with Crippen LogP contribution in [0.3, 0.4) is 0 Å². The summed E-state index contributed by atoms with van der Waals surface area (Å²) >= 11 is 0. The lowest BCUT2D eigenvalue weighted by molar-refractivity contribution is 0.112. The van der Waals surface area contributed by atoms with E-state index in [0.29, 0.717) is 5.92 Å². The lowest BCUT2D eigenvalue weighted by Gasteiger charge is -2.25. The average Bonchev–Trinajstić information content (AvgIpc) is 2.82. The highest BCUT2D eigenvalue weighted by molar-refractivity contribution is 5.82. The summed E-state index contributed by atoms with van der Waals surface area (Å²) in [6, 6.07) is 8.69. The summed E-state index contributed by atoms with van der Waals surface area (Å²) in [7, 11) is 4.27. The number of ether oxygens (including phenoxy) is 1. The van der Waals surface area contributed by atoms with Gasteiger partial charge in [-0.25, -0.2) is 0 Å². The summed E-state index contributed by atoms with van der Waals surface area (Å²) in [5.74, 6) is 0.591. The lowest BCUT2D eigenvalue weighted by Crippen LogP contribution is -2.34. The zero-order valence-electron chi connectivity index (χ0n) is 13.0. The van der Waals surface area contributed by atoms with Gasteiger partial charge in [0.05, 0.1) is 13.2 Å². The van der Waals surface area contributed by atoms with Crippen LogP contribution < -0.4 is 0 Å². The number of rotatable bonds is 4. The Hall–Kier alpha value is -1.36. The molecule has 1 atom stereocenters. The van der Waals surface area contributed by atoms with E-state index in [-0.39, 0.29) is 0 Å². The van der Waals surface area contributed by atoms with Crippen molar-refractivity contribution < 1.29 is 4.74 Å². The second kappa shape index (κ2) is 6.60. The number of nitrogens with zero attached hydrogens (tertiary/aromatic N) is 2. The van der Waals surface area contributed by atoms with Crippen LogP contribution in [0.15, 0.2) is 30.5 Å². The third-order valence-electron chi connectivity index (χ3n) is 4.12. The quantitative estimate of drug-likeness (QED) is 0.935. The number of fused-ring (bicyclic) bond motifs is 1. The number of aromatic amines is 1. The van der Waals surface area contributed by atoms with Crippen molar-refractivity contribution >= 4 is 10.9 Å². The number of hydrogen-bond acceptors (Lipinski definition) is 3. The van der Waals surface area contributed by atoms with Crippen LogP contribution in [0.4, 0.5) is 0 Å². The van der Waals surface area contributed by atoms with Crippen LogP contribution >= 0.6 is 0 Å². The maximum Gasteiger partial charge on any atom is 0.0593 e. The van der Waals surface area contributed by atoms with Gasteiger partial charge >= 0.3 is 0 Å². The standard InChI is InChI=1S/C17H25N3O/c1-19(2)10-14-11-20(8-9-21-13-14)12-15-4-3-5-17-16(15)6-7-18-17/h3-7,14,18H,8-13H2,1-2H3/t14-/m0/s1. The van der Waals surface area contributed by atoms with Crippen molar-refractivity contribution in [1.82, 2.24) is 14.8 Å². The average molecular weight is 287 g/mol. The Balaban J connectivity index is 1.72. The van der Waals surface area contributed by atoms with E-state index < -0.39 is 0 Å². The monoisotopic (exact) mass is 287 g/mol. The lowest BCUT2D eigenvalue weighted by atomic mass is 10.1. The highest BCUT2D eigenvalue weighted by Gasteiger charge is 2.19. The third-order valence-corrected chi connectivity index (χ3v) is 4.12. The summed E-state index contributed by atoms with van der Waals surface area (Å²) < 4.78 is 5.77. The largest absolute Gasteiger partial charge is 0.380 e. The van der Waals surface area contributed by atoms with Crippen LogP contribution in [0.1, 0.15) is 5.56 Å². The minimum atomic E-state index is 0.591. The SMILES string of the molecule is CN(C)C[C@@H]1COCCN(Cc2cccc3[nH]ccc23)C1. The van der Waals surface area contributed by atoms with Crippen LogP contribution in [-0.4, -0.2) is 61.7 Å². The van der Waals surface area contributed by atoms with E-state index in [1.807, 2.05) is 6.20 Å². The number of benzene rings is 1. The smallest absolute Gasteiger partial charge is 0.0593 e. The molecule has 4 heteroatoms. The predicted molar refractivity (Wildman–Crippen MR) is 86.4 cm³/mol. The molecular formula is C17H25N3O. The molecule has 0 radical (unpaired) electrons. The minimum Gasteiger partial charge on any atom is -0.380 e. The number of hydrogen-bond donors (Lipinski definition) is 1. The van der Waals surface area contributed by atoms with E-state index in [1.165, 1.54) is 16.5 Å². The van der Waals surface area contributed by atoms with Crippen LogP contribution in [0.5, 0.6) is 0 Å². The number of nitrogens with one attached hydrogen (secondary N) is 1. The van der Waals surface area contributed by atoms with Crippen LogP contribution in [0.25, 0.3) is 10.9 Å². The Bertz CT molecular complexity index is 578. The van der Waals surface area contributed by atoms with Crippen LogP contribution in [-0.2, 0) is 11.3 Å². The molecule has 1 aliphatic heterocycles. The summed E-state index contributed by atoms with van der Waals surface area (Å²) in [6.07, 6.45) is 2.02. The third kappa shape index (κ3) is 3.64. The van der Waals surface area contributed by atoms with Gasteiger partial charge in [-0.05, 0) is 31.8 Å². The molecule has 0 unspecified atom stereocenters. The molecule has 1 saturated heterocycles. The van der Waals surface area contributed by atoms with E-state index >= 15 is 0 Å². The predicted octanol–water partition coefficient (Wildman–Crippen LogP) is 2.18. The Morgan fingerprint density at radius 1 is 1.33 bits per heavy atom. The zero-order valence-corrected chi connectivity index (χ0v) is 13.0. The maximum absolute atomic E-state index is 5.77. The first-order valence-electron chi connectivity index (χ1n) is 7.72. The molecule has 1 aromatic carbocycles. The Morgan fingerprint density at radius 3 is 3.10 bits per heavy atom. The van der Waals surface area contributed by atoms with Gasteiger partial charge in [0, 0.05) is 49.2 Å². The fourth-order valence-electron chi connectivity index (χ4n) is 3.25. The van der Waals surface area contributed by atoms with Crippen LogP contribution in [0, 0.1) is 5.92 Å². The molecule has 0 aliphatic carbocycles. The van der Waals surface area contributed by atoms with Gasteiger partial charge in [0.1, 0.15) is 0 Å². The van der Waals surface area contributed by atoms with Gasteiger partial charge in [-0.15, -0.1) is 0 Å². The van der Waals surface area contributed by atoms with Crippen molar-refractivity contribution in [3.05, 3.63) is 36.0 Å². The highest BCUT2D eigenvalue weighted by atomic mass is 16.5. The second-order valence-corrected chi connectivity index (χ2v) is 6.29. The van der Waals surface area contributed by atoms with E-state index in [2.05, 4.69) is 53.1 Å². The summed E-state index contributed by atoms with van der Waals surface area (Å²) in [6.45, 7) is 5.94. The van der Waals surface area contributed by atoms with Crippen LogP contribution in [0.2, 0.25) is 0 Å². The number of H-pyrrole nitrogens is 1.